The Morgan fingerprint density at radius 2 is 2.16 bits per heavy atom. The standard InChI is InChI=1S/C12H12ClF3O3/c1-17-10-3-2-7(4-9(10)13)11(12(14,15)16)19-6-8-5-18-8/h2-4,8,11H,5-6H2,1H3. The molecule has 1 heterocycles. The average Bonchev–Trinajstić information content (AvgIpc) is 3.12. The molecule has 1 aliphatic heterocycles. The Labute approximate surface area is 113 Å². The minimum atomic E-state index is -4.51. The molecule has 1 fully saturated rings. The molecule has 2 atom stereocenters. The fourth-order valence-electron chi connectivity index (χ4n) is 1.59. The first-order valence-electron chi connectivity index (χ1n) is 5.55. The van der Waals surface area contributed by atoms with Crippen LogP contribution in [0.15, 0.2) is 18.2 Å². The van der Waals surface area contributed by atoms with Gasteiger partial charge in [0.15, 0.2) is 6.10 Å². The van der Waals surface area contributed by atoms with Crippen molar-refractivity contribution in [3.05, 3.63) is 28.8 Å². The lowest BCUT2D eigenvalue weighted by molar-refractivity contribution is -0.224. The van der Waals surface area contributed by atoms with E-state index in [2.05, 4.69) is 0 Å². The molecule has 0 N–H and O–H groups in total. The summed E-state index contributed by atoms with van der Waals surface area (Å²) in [4.78, 5) is 0. The van der Waals surface area contributed by atoms with Gasteiger partial charge >= 0.3 is 6.18 Å². The summed E-state index contributed by atoms with van der Waals surface area (Å²) in [6, 6.07) is 3.87. The lowest BCUT2D eigenvalue weighted by Gasteiger charge is -2.21. The summed E-state index contributed by atoms with van der Waals surface area (Å²) >= 11 is 5.83. The summed E-state index contributed by atoms with van der Waals surface area (Å²) in [5.74, 6) is 0.317. The van der Waals surface area contributed by atoms with Crippen molar-refractivity contribution in [2.24, 2.45) is 0 Å². The zero-order chi connectivity index (χ0) is 14.0. The largest absolute Gasteiger partial charge is 0.495 e. The Bertz CT molecular complexity index is 446. The van der Waals surface area contributed by atoms with E-state index in [0.29, 0.717) is 12.4 Å². The zero-order valence-corrected chi connectivity index (χ0v) is 10.8. The van der Waals surface area contributed by atoms with E-state index >= 15 is 0 Å². The van der Waals surface area contributed by atoms with Gasteiger partial charge in [-0.05, 0) is 17.7 Å². The Hall–Kier alpha value is -0.980. The molecule has 0 bridgehead atoms. The van der Waals surface area contributed by atoms with E-state index < -0.39 is 12.3 Å². The zero-order valence-electron chi connectivity index (χ0n) is 10.0. The maximum Gasteiger partial charge on any atom is 0.418 e. The maximum absolute atomic E-state index is 13.0. The molecule has 2 rings (SSSR count). The molecule has 19 heavy (non-hydrogen) atoms. The third kappa shape index (κ3) is 3.75. The van der Waals surface area contributed by atoms with E-state index in [0.717, 1.165) is 0 Å². The number of ether oxygens (including phenoxy) is 3. The van der Waals surface area contributed by atoms with Crippen LogP contribution in [0.3, 0.4) is 0 Å². The predicted molar refractivity (Wildman–Crippen MR) is 62.5 cm³/mol. The molecule has 1 aromatic rings. The van der Waals surface area contributed by atoms with E-state index in [1.165, 1.54) is 25.3 Å². The van der Waals surface area contributed by atoms with Crippen LogP contribution < -0.4 is 4.74 Å². The highest BCUT2D eigenvalue weighted by Crippen LogP contribution is 2.38. The van der Waals surface area contributed by atoms with Gasteiger partial charge in [0, 0.05) is 0 Å². The van der Waals surface area contributed by atoms with Crippen LogP contribution in [-0.4, -0.2) is 32.6 Å². The maximum atomic E-state index is 13.0. The Balaban J connectivity index is 2.18. The first-order valence-corrected chi connectivity index (χ1v) is 5.93. The fraction of sp³-hybridized carbons (Fsp3) is 0.500. The third-order valence-electron chi connectivity index (χ3n) is 2.63. The van der Waals surface area contributed by atoms with Gasteiger partial charge in [0.2, 0.25) is 0 Å². The van der Waals surface area contributed by atoms with Gasteiger partial charge in [-0.3, -0.25) is 0 Å². The van der Waals surface area contributed by atoms with E-state index in [1.807, 2.05) is 0 Å². The summed E-state index contributed by atoms with van der Waals surface area (Å²) in [6.07, 6.45) is -6.76. The molecular formula is C12H12ClF3O3. The number of hydrogen-bond acceptors (Lipinski definition) is 3. The number of hydrogen-bond donors (Lipinski definition) is 0. The predicted octanol–water partition coefficient (Wildman–Crippen LogP) is 3.37. The molecule has 106 valence electrons. The smallest absolute Gasteiger partial charge is 0.418 e. The molecule has 0 saturated carbocycles. The van der Waals surface area contributed by atoms with Crippen molar-refractivity contribution in [3.8, 4) is 5.75 Å². The number of alkyl halides is 3. The molecule has 0 amide bonds. The summed E-state index contributed by atoms with van der Waals surface area (Å²) in [5.41, 5.74) is -0.0565. The molecule has 0 aliphatic carbocycles. The molecule has 0 aromatic heterocycles. The van der Waals surface area contributed by atoms with Crippen molar-refractivity contribution >= 4 is 11.6 Å². The normalized spacial score (nSPS) is 20.2. The molecule has 2 unspecified atom stereocenters. The number of rotatable bonds is 5. The Morgan fingerprint density at radius 3 is 2.63 bits per heavy atom. The van der Waals surface area contributed by atoms with Crippen molar-refractivity contribution in [2.45, 2.75) is 18.4 Å². The Morgan fingerprint density at radius 1 is 1.47 bits per heavy atom. The van der Waals surface area contributed by atoms with Gasteiger partial charge in [0.1, 0.15) is 11.9 Å². The molecule has 1 aliphatic rings. The van der Waals surface area contributed by atoms with Crippen molar-refractivity contribution < 1.29 is 27.4 Å². The highest BCUT2D eigenvalue weighted by Gasteiger charge is 2.43. The number of benzene rings is 1. The minimum absolute atomic E-state index is 0.0565. The van der Waals surface area contributed by atoms with Crippen LogP contribution in [0.2, 0.25) is 5.02 Å². The second kappa shape index (κ2) is 5.56. The van der Waals surface area contributed by atoms with Crippen LogP contribution in [0.4, 0.5) is 13.2 Å². The first-order chi connectivity index (χ1) is 8.91. The molecule has 0 radical (unpaired) electrons. The summed E-state index contributed by atoms with van der Waals surface area (Å²) < 4.78 is 53.5. The third-order valence-corrected chi connectivity index (χ3v) is 2.92. The van der Waals surface area contributed by atoms with Crippen LogP contribution in [0.1, 0.15) is 11.7 Å². The molecule has 7 heteroatoms. The number of epoxide rings is 1. The van der Waals surface area contributed by atoms with Crippen molar-refractivity contribution in [3.63, 3.8) is 0 Å². The van der Waals surface area contributed by atoms with Crippen LogP contribution in [0, 0.1) is 0 Å². The monoisotopic (exact) mass is 296 g/mol. The van der Waals surface area contributed by atoms with Crippen LogP contribution in [0.25, 0.3) is 0 Å². The SMILES string of the molecule is COc1ccc(C(OCC2CO2)C(F)(F)F)cc1Cl. The van der Waals surface area contributed by atoms with E-state index in [1.54, 1.807) is 0 Å². The molecule has 1 saturated heterocycles. The van der Waals surface area contributed by atoms with Crippen molar-refractivity contribution in [2.75, 3.05) is 20.3 Å². The van der Waals surface area contributed by atoms with Gasteiger partial charge in [-0.15, -0.1) is 0 Å². The second-order valence-electron chi connectivity index (χ2n) is 4.10. The lowest BCUT2D eigenvalue weighted by atomic mass is 10.1. The van der Waals surface area contributed by atoms with Gasteiger partial charge in [-0.25, -0.2) is 0 Å². The van der Waals surface area contributed by atoms with Crippen molar-refractivity contribution in [1.82, 2.24) is 0 Å². The van der Waals surface area contributed by atoms with Gasteiger partial charge in [0.25, 0.3) is 0 Å². The van der Waals surface area contributed by atoms with Crippen molar-refractivity contribution in [1.29, 1.82) is 0 Å². The minimum Gasteiger partial charge on any atom is -0.495 e. The summed E-state index contributed by atoms with van der Waals surface area (Å²) in [7, 11) is 1.39. The van der Waals surface area contributed by atoms with Crippen LogP contribution in [-0.2, 0) is 9.47 Å². The molecule has 1 aromatic carbocycles. The van der Waals surface area contributed by atoms with E-state index in [-0.39, 0.29) is 23.3 Å². The van der Waals surface area contributed by atoms with Gasteiger partial charge < -0.3 is 14.2 Å². The lowest BCUT2D eigenvalue weighted by Crippen LogP contribution is -2.25. The van der Waals surface area contributed by atoms with Crippen LogP contribution in [0.5, 0.6) is 5.75 Å². The topological polar surface area (TPSA) is 31.0 Å². The van der Waals surface area contributed by atoms with Gasteiger partial charge in [-0.1, -0.05) is 17.7 Å². The van der Waals surface area contributed by atoms with Crippen LogP contribution >= 0.6 is 11.6 Å². The number of methoxy groups -OCH3 is 1. The summed E-state index contributed by atoms with van der Waals surface area (Å²) in [5, 5.41) is 0.112. The van der Waals surface area contributed by atoms with Gasteiger partial charge in [-0.2, -0.15) is 13.2 Å². The number of halogens is 4. The fourth-order valence-corrected chi connectivity index (χ4v) is 1.86. The summed E-state index contributed by atoms with van der Waals surface area (Å²) in [6.45, 7) is 0.349. The second-order valence-corrected chi connectivity index (χ2v) is 4.51. The molecule has 3 nitrogen and oxygen atoms in total. The molecular weight excluding hydrogens is 285 g/mol. The highest BCUT2D eigenvalue weighted by molar-refractivity contribution is 6.32. The quantitative estimate of drug-likeness (QED) is 0.781. The molecule has 0 spiro atoms. The van der Waals surface area contributed by atoms with Gasteiger partial charge in [0.05, 0.1) is 25.3 Å². The average molecular weight is 297 g/mol. The van der Waals surface area contributed by atoms with E-state index in [9.17, 15) is 13.2 Å². The first kappa shape index (κ1) is 14.4. The highest BCUT2D eigenvalue weighted by atomic mass is 35.5. The van der Waals surface area contributed by atoms with E-state index in [4.69, 9.17) is 25.8 Å². The Kier molecular flexibility index (Phi) is 4.23.